The van der Waals surface area contributed by atoms with Gasteiger partial charge >= 0.3 is 6.09 Å². The Bertz CT molecular complexity index is 1240. The van der Waals surface area contributed by atoms with Gasteiger partial charge in [-0.25, -0.2) is 18.9 Å². The molecular weight excluding hydrogens is 390 g/mol. The van der Waals surface area contributed by atoms with E-state index in [1.165, 1.54) is 15.9 Å². The van der Waals surface area contributed by atoms with Gasteiger partial charge in [-0.05, 0) is 38.8 Å². The van der Waals surface area contributed by atoms with Gasteiger partial charge in [-0.2, -0.15) is 0 Å². The van der Waals surface area contributed by atoms with Crippen LogP contribution in [-0.4, -0.2) is 42.4 Å². The number of pyridine rings is 1. The fourth-order valence-corrected chi connectivity index (χ4v) is 4.21. The van der Waals surface area contributed by atoms with Gasteiger partial charge in [-0.3, -0.25) is 4.79 Å². The number of aromatic nitrogens is 5. The highest BCUT2D eigenvalue weighted by atomic mass is 32.1. The fourth-order valence-electron chi connectivity index (χ4n) is 3.31. The average Bonchev–Trinajstić information content (AvgIpc) is 3.31. The van der Waals surface area contributed by atoms with Crippen LogP contribution in [0.15, 0.2) is 24.5 Å². The Morgan fingerprint density at radius 1 is 1.28 bits per heavy atom. The molecule has 0 aliphatic rings. The number of nitrogens with zero attached hydrogens (tertiary/aromatic N) is 5. The molecule has 0 bridgehead atoms. The van der Waals surface area contributed by atoms with Crippen molar-refractivity contribution in [1.29, 1.82) is 0 Å². The van der Waals surface area contributed by atoms with E-state index in [0.717, 1.165) is 16.6 Å². The van der Waals surface area contributed by atoms with E-state index in [-0.39, 0.29) is 5.92 Å². The molecule has 4 rings (SSSR count). The van der Waals surface area contributed by atoms with E-state index < -0.39 is 11.7 Å². The van der Waals surface area contributed by atoms with Crippen molar-refractivity contribution in [3.05, 3.63) is 35.1 Å². The van der Waals surface area contributed by atoms with Crippen molar-refractivity contribution in [3.8, 4) is 11.3 Å². The lowest BCUT2D eigenvalue weighted by Gasteiger charge is -2.21. The smallest absolute Gasteiger partial charge is 0.420 e. The third-order valence-corrected chi connectivity index (χ3v) is 5.35. The van der Waals surface area contributed by atoms with Crippen molar-refractivity contribution >= 4 is 39.6 Å². The summed E-state index contributed by atoms with van der Waals surface area (Å²) in [7, 11) is 0. The van der Waals surface area contributed by atoms with Crippen LogP contribution in [0.5, 0.6) is 0 Å². The predicted molar refractivity (Wildman–Crippen MR) is 111 cm³/mol. The minimum absolute atomic E-state index is 0.0595. The monoisotopic (exact) mass is 411 g/mol. The van der Waals surface area contributed by atoms with Gasteiger partial charge in [0.05, 0.1) is 17.4 Å². The van der Waals surface area contributed by atoms with Crippen LogP contribution in [0.25, 0.3) is 27.1 Å². The molecule has 0 fully saturated rings. The number of hydrogen-bond acceptors (Lipinski definition) is 7. The number of ether oxygens (including phenoxy) is 1. The maximum atomic E-state index is 13.2. The molecule has 29 heavy (non-hydrogen) atoms. The van der Waals surface area contributed by atoms with E-state index in [2.05, 4.69) is 15.3 Å². The van der Waals surface area contributed by atoms with Gasteiger partial charge in [-0.1, -0.05) is 30.4 Å². The van der Waals surface area contributed by atoms with Gasteiger partial charge in [0.1, 0.15) is 15.9 Å². The normalized spacial score (nSPS) is 12.2. The molecule has 4 aromatic heterocycles. The quantitative estimate of drug-likeness (QED) is 0.460. The van der Waals surface area contributed by atoms with Gasteiger partial charge in [-0.15, -0.1) is 5.10 Å². The van der Waals surface area contributed by atoms with Crippen molar-refractivity contribution in [2.75, 3.05) is 0 Å². The zero-order valence-corrected chi connectivity index (χ0v) is 17.6. The molecule has 0 saturated heterocycles. The minimum Gasteiger partial charge on any atom is -0.443 e. The summed E-state index contributed by atoms with van der Waals surface area (Å²) in [5.74, 6) is 0.0595. The van der Waals surface area contributed by atoms with Crippen molar-refractivity contribution < 1.29 is 14.3 Å². The Kier molecular flexibility index (Phi) is 4.49. The summed E-state index contributed by atoms with van der Waals surface area (Å²) in [4.78, 5) is 29.6. The van der Waals surface area contributed by atoms with Crippen molar-refractivity contribution in [1.82, 2.24) is 24.4 Å². The Balaban J connectivity index is 2.06. The largest absolute Gasteiger partial charge is 0.443 e. The average molecular weight is 411 g/mol. The molecule has 150 valence electrons. The van der Waals surface area contributed by atoms with Crippen LogP contribution in [0.2, 0.25) is 0 Å². The Labute approximate surface area is 171 Å². The number of fused-ring (bicyclic) bond motifs is 2. The molecule has 0 unspecified atom stereocenters. The van der Waals surface area contributed by atoms with Gasteiger partial charge < -0.3 is 4.74 Å². The van der Waals surface area contributed by atoms with Gasteiger partial charge in [0.25, 0.3) is 0 Å². The molecule has 0 radical (unpaired) electrons. The van der Waals surface area contributed by atoms with Crippen LogP contribution < -0.4 is 0 Å². The highest BCUT2D eigenvalue weighted by molar-refractivity contribution is 7.19. The number of aldehydes is 1. The third-order valence-electron chi connectivity index (χ3n) is 4.39. The van der Waals surface area contributed by atoms with Crippen molar-refractivity contribution in [2.24, 2.45) is 0 Å². The molecule has 0 spiro atoms. The van der Waals surface area contributed by atoms with E-state index in [1.807, 2.05) is 52.9 Å². The second-order valence-electron chi connectivity index (χ2n) is 8.08. The van der Waals surface area contributed by atoms with Crippen LogP contribution in [0.1, 0.15) is 55.9 Å². The minimum atomic E-state index is -0.670. The first kappa shape index (κ1) is 19.3. The summed E-state index contributed by atoms with van der Waals surface area (Å²) < 4.78 is 8.87. The number of rotatable bonds is 3. The number of hydrogen-bond donors (Lipinski definition) is 0. The molecule has 0 aliphatic heterocycles. The number of carbonyl (C=O) groups is 2. The zero-order chi connectivity index (χ0) is 20.9. The molecule has 0 aromatic carbocycles. The van der Waals surface area contributed by atoms with Gasteiger partial charge in [0, 0.05) is 17.3 Å². The summed E-state index contributed by atoms with van der Waals surface area (Å²) in [5, 5.41) is 8.31. The lowest BCUT2D eigenvalue weighted by molar-refractivity contribution is 0.0547. The molecule has 9 heteroatoms. The summed E-state index contributed by atoms with van der Waals surface area (Å²) in [6, 6.07) is 3.81. The summed E-state index contributed by atoms with van der Waals surface area (Å²) in [5.41, 5.74) is 3.18. The maximum absolute atomic E-state index is 13.2. The molecule has 0 saturated carbocycles. The lowest BCUT2D eigenvalue weighted by atomic mass is 9.99. The van der Waals surface area contributed by atoms with Crippen LogP contribution in [-0.2, 0) is 4.74 Å². The first-order chi connectivity index (χ1) is 13.7. The van der Waals surface area contributed by atoms with Gasteiger partial charge in [0.15, 0.2) is 11.3 Å². The first-order valence-electron chi connectivity index (χ1n) is 9.23. The highest BCUT2D eigenvalue weighted by Gasteiger charge is 2.30. The number of carbonyl (C=O) groups excluding carboxylic acids is 2. The molecule has 0 atom stereocenters. The molecule has 4 heterocycles. The predicted octanol–water partition coefficient (Wildman–Crippen LogP) is 4.53. The molecule has 0 N–H and O–H groups in total. The van der Waals surface area contributed by atoms with E-state index in [4.69, 9.17) is 4.74 Å². The fraction of sp³-hybridized carbons (Fsp3) is 0.350. The molecule has 0 amide bonds. The maximum Gasteiger partial charge on any atom is 0.420 e. The van der Waals surface area contributed by atoms with E-state index in [0.29, 0.717) is 27.3 Å². The Morgan fingerprint density at radius 2 is 2.03 bits per heavy atom. The topological polar surface area (TPSA) is 91.4 Å². The second-order valence-corrected chi connectivity index (χ2v) is 9.09. The molecule has 0 aliphatic carbocycles. The highest BCUT2D eigenvalue weighted by Crippen LogP contribution is 2.40. The third kappa shape index (κ3) is 3.31. The molecule has 8 nitrogen and oxygen atoms in total. The molecule has 4 aromatic rings. The van der Waals surface area contributed by atoms with Crippen molar-refractivity contribution in [2.45, 2.75) is 46.1 Å². The summed E-state index contributed by atoms with van der Waals surface area (Å²) in [6.45, 7) is 9.52. The zero-order valence-electron chi connectivity index (χ0n) is 16.8. The van der Waals surface area contributed by atoms with Crippen molar-refractivity contribution in [3.63, 3.8) is 0 Å². The first-order valence-corrected chi connectivity index (χ1v) is 10.1. The Hall–Kier alpha value is -3.07. The van der Waals surface area contributed by atoms with E-state index >= 15 is 0 Å². The molecular formula is C20H21N5O3S. The lowest BCUT2D eigenvalue weighted by Crippen LogP contribution is -2.27. The SMILES string of the molecule is CC(C)c1c(-c2ccc3cnnn3c2)n(C(=O)OC(C)(C)C)c2sc(C=O)nc12. The second kappa shape index (κ2) is 6.77. The Morgan fingerprint density at radius 3 is 2.69 bits per heavy atom. The van der Waals surface area contributed by atoms with Crippen LogP contribution in [0, 0.1) is 0 Å². The van der Waals surface area contributed by atoms with E-state index in [1.54, 1.807) is 10.7 Å². The standard InChI is InChI=1S/C20H21N5O3S/c1-11(2)15-16-18(29-14(10-26)22-16)25(19(27)28-20(3,4)5)17(15)12-6-7-13-8-21-23-24(13)9-12/h6-11H,1-5H3. The summed E-state index contributed by atoms with van der Waals surface area (Å²) >= 11 is 1.18. The van der Waals surface area contributed by atoms with E-state index in [9.17, 15) is 9.59 Å². The van der Waals surface area contributed by atoms with Crippen LogP contribution in [0.4, 0.5) is 4.79 Å². The van der Waals surface area contributed by atoms with Gasteiger partial charge in [0.2, 0.25) is 0 Å². The van der Waals surface area contributed by atoms with Crippen LogP contribution in [0.3, 0.4) is 0 Å². The summed E-state index contributed by atoms with van der Waals surface area (Å²) in [6.07, 6.45) is 3.68. The van der Waals surface area contributed by atoms with Crippen LogP contribution >= 0.6 is 11.3 Å². The number of thiazole rings is 1.